The molecule has 2 nitrogen and oxygen atoms in total. The summed E-state index contributed by atoms with van der Waals surface area (Å²) in [6, 6.07) is 27.7. The number of benzene rings is 3. The van der Waals surface area contributed by atoms with Gasteiger partial charge in [-0.2, -0.15) is 0 Å². The second-order valence-electron chi connectivity index (χ2n) is 6.37. The summed E-state index contributed by atoms with van der Waals surface area (Å²) >= 11 is 8.04. The highest BCUT2D eigenvalue weighted by atomic mass is 35.5. The summed E-state index contributed by atoms with van der Waals surface area (Å²) in [6.45, 7) is 0. The summed E-state index contributed by atoms with van der Waals surface area (Å²) in [5, 5.41) is 4.81. The molecular formula is C24H18ClNOS. The van der Waals surface area contributed by atoms with E-state index in [9.17, 15) is 4.79 Å². The highest BCUT2D eigenvalue weighted by Gasteiger charge is 2.15. The molecule has 4 aromatic rings. The number of thiophene rings is 1. The van der Waals surface area contributed by atoms with Crippen LogP contribution in [0.15, 0.2) is 91.0 Å². The first-order valence-corrected chi connectivity index (χ1v) is 10.2. The topological polar surface area (TPSA) is 29.1 Å². The van der Waals surface area contributed by atoms with Crippen LogP contribution in [0.4, 0.5) is 0 Å². The molecule has 1 amide bonds. The number of hydrogen-bond donors (Lipinski definition) is 1. The summed E-state index contributed by atoms with van der Waals surface area (Å²) in [7, 11) is 0. The molecule has 0 unspecified atom stereocenters. The van der Waals surface area contributed by atoms with Gasteiger partial charge in [0.1, 0.15) is 0 Å². The Bertz CT molecular complexity index is 1080. The first kappa shape index (κ1) is 18.5. The third-order valence-electron chi connectivity index (χ3n) is 4.50. The molecule has 0 aliphatic carbocycles. The van der Waals surface area contributed by atoms with E-state index >= 15 is 0 Å². The van der Waals surface area contributed by atoms with Crippen LogP contribution in [0.5, 0.6) is 0 Å². The van der Waals surface area contributed by atoms with E-state index in [1.165, 1.54) is 0 Å². The van der Waals surface area contributed by atoms with Gasteiger partial charge >= 0.3 is 0 Å². The minimum atomic E-state index is -0.211. The van der Waals surface area contributed by atoms with E-state index in [2.05, 4.69) is 5.32 Å². The monoisotopic (exact) mass is 403 g/mol. The summed E-state index contributed by atoms with van der Waals surface area (Å²) < 4.78 is 1.11. The zero-order chi connectivity index (χ0) is 19.3. The minimum Gasteiger partial charge on any atom is -0.342 e. The van der Waals surface area contributed by atoms with Crippen molar-refractivity contribution in [2.45, 2.75) is 6.04 Å². The lowest BCUT2D eigenvalue weighted by Crippen LogP contribution is -2.27. The van der Waals surface area contributed by atoms with Gasteiger partial charge in [-0.3, -0.25) is 4.79 Å². The van der Waals surface area contributed by atoms with Crippen molar-refractivity contribution in [3.05, 3.63) is 112 Å². The smallest absolute Gasteiger partial charge is 0.244 e. The van der Waals surface area contributed by atoms with Crippen molar-refractivity contribution >= 4 is 45.0 Å². The average Bonchev–Trinajstić information content (AvgIpc) is 3.07. The fraction of sp³-hybridized carbons (Fsp3) is 0.0417. The highest BCUT2D eigenvalue weighted by Crippen LogP contribution is 2.35. The van der Waals surface area contributed by atoms with Crippen LogP contribution in [0.25, 0.3) is 16.2 Å². The Hall–Kier alpha value is -2.88. The van der Waals surface area contributed by atoms with E-state index in [4.69, 9.17) is 11.6 Å². The third-order valence-corrected chi connectivity index (χ3v) is 6.15. The van der Waals surface area contributed by atoms with E-state index in [0.29, 0.717) is 5.02 Å². The molecule has 0 saturated carbocycles. The maximum atomic E-state index is 12.7. The van der Waals surface area contributed by atoms with Crippen LogP contribution in [-0.2, 0) is 4.79 Å². The van der Waals surface area contributed by atoms with Crippen LogP contribution in [-0.4, -0.2) is 5.91 Å². The number of fused-ring (bicyclic) bond motifs is 1. The van der Waals surface area contributed by atoms with E-state index < -0.39 is 0 Å². The third kappa shape index (κ3) is 4.01. The van der Waals surface area contributed by atoms with Crippen LogP contribution >= 0.6 is 22.9 Å². The Morgan fingerprint density at radius 1 is 0.857 bits per heavy atom. The van der Waals surface area contributed by atoms with Crippen molar-refractivity contribution in [1.82, 2.24) is 5.32 Å². The second kappa shape index (κ2) is 8.42. The lowest BCUT2D eigenvalue weighted by Gasteiger charge is -2.19. The van der Waals surface area contributed by atoms with Gasteiger partial charge in [-0.15, -0.1) is 11.3 Å². The van der Waals surface area contributed by atoms with Gasteiger partial charge in [0.15, 0.2) is 0 Å². The Balaban J connectivity index is 1.57. The Morgan fingerprint density at radius 3 is 2.04 bits per heavy atom. The first-order valence-electron chi connectivity index (χ1n) is 8.98. The largest absolute Gasteiger partial charge is 0.342 e. The van der Waals surface area contributed by atoms with Crippen molar-refractivity contribution < 1.29 is 4.79 Å². The van der Waals surface area contributed by atoms with Gasteiger partial charge in [0.2, 0.25) is 5.91 Å². The molecule has 138 valence electrons. The maximum absolute atomic E-state index is 12.7. The van der Waals surface area contributed by atoms with Crippen LogP contribution < -0.4 is 5.32 Å². The number of nitrogens with one attached hydrogen (secondary N) is 1. The van der Waals surface area contributed by atoms with E-state index in [1.807, 2.05) is 84.9 Å². The van der Waals surface area contributed by atoms with E-state index in [0.717, 1.165) is 26.1 Å². The standard InChI is InChI=1S/C24H18ClNOS/c25-23-19-13-7-8-14-20(19)28-21(23)15-16-22(27)26-24(17-9-3-1-4-10-17)18-11-5-2-6-12-18/h1-16,24H,(H,26,27)/b16-15+. The number of hydrogen-bond acceptors (Lipinski definition) is 2. The molecule has 0 saturated heterocycles. The molecule has 4 rings (SSSR count). The first-order chi connectivity index (χ1) is 13.7. The molecule has 1 heterocycles. The zero-order valence-electron chi connectivity index (χ0n) is 15.0. The van der Waals surface area contributed by atoms with Crippen LogP contribution in [0, 0.1) is 0 Å². The van der Waals surface area contributed by atoms with Crippen molar-refractivity contribution in [3.63, 3.8) is 0 Å². The van der Waals surface area contributed by atoms with E-state index in [-0.39, 0.29) is 11.9 Å². The maximum Gasteiger partial charge on any atom is 0.244 e. The number of carbonyl (C=O) groups excluding carboxylic acids is 1. The second-order valence-corrected chi connectivity index (χ2v) is 7.83. The Morgan fingerprint density at radius 2 is 1.43 bits per heavy atom. The van der Waals surface area contributed by atoms with Gasteiger partial charge < -0.3 is 5.32 Å². The van der Waals surface area contributed by atoms with Crippen LogP contribution in [0.2, 0.25) is 5.02 Å². The van der Waals surface area contributed by atoms with Crippen LogP contribution in [0.1, 0.15) is 22.0 Å². The van der Waals surface area contributed by atoms with Gasteiger partial charge in [-0.1, -0.05) is 90.5 Å². The van der Waals surface area contributed by atoms with Gasteiger partial charge in [0, 0.05) is 21.0 Å². The van der Waals surface area contributed by atoms with Crippen molar-refractivity contribution in [2.75, 3.05) is 0 Å². The minimum absolute atomic E-state index is 0.161. The quantitative estimate of drug-likeness (QED) is 0.380. The highest BCUT2D eigenvalue weighted by molar-refractivity contribution is 7.20. The van der Waals surface area contributed by atoms with Crippen molar-refractivity contribution in [3.8, 4) is 0 Å². The molecule has 1 N–H and O–H groups in total. The summed E-state index contributed by atoms with van der Waals surface area (Å²) in [4.78, 5) is 13.5. The van der Waals surface area contributed by atoms with Gasteiger partial charge in [-0.25, -0.2) is 0 Å². The number of amides is 1. The number of carbonyl (C=O) groups is 1. The van der Waals surface area contributed by atoms with Crippen molar-refractivity contribution in [2.24, 2.45) is 0 Å². The fourth-order valence-corrected chi connectivity index (χ4v) is 4.53. The molecule has 0 aliphatic rings. The van der Waals surface area contributed by atoms with Gasteiger partial charge in [0.05, 0.1) is 11.1 Å². The molecule has 0 atom stereocenters. The molecule has 0 radical (unpaired) electrons. The molecule has 4 heteroatoms. The van der Waals surface area contributed by atoms with Gasteiger partial charge in [-0.05, 0) is 23.3 Å². The molecule has 0 aliphatic heterocycles. The van der Waals surface area contributed by atoms with Crippen molar-refractivity contribution in [1.29, 1.82) is 0 Å². The summed E-state index contributed by atoms with van der Waals surface area (Å²) in [6.07, 6.45) is 3.34. The lowest BCUT2D eigenvalue weighted by atomic mass is 9.99. The Labute approximate surface area is 173 Å². The molecule has 0 spiro atoms. The molecule has 3 aromatic carbocycles. The fourth-order valence-electron chi connectivity index (χ4n) is 3.13. The lowest BCUT2D eigenvalue weighted by molar-refractivity contribution is -0.116. The number of halogens is 1. The van der Waals surface area contributed by atoms with Crippen LogP contribution in [0.3, 0.4) is 0 Å². The summed E-state index contributed by atoms with van der Waals surface area (Å²) in [5.41, 5.74) is 2.07. The molecular weight excluding hydrogens is 386 g/mol. The molecule has 1 aromatic heterocycles. The summed E-state index contributed by atoms with van der Waals surface area (Å²) in [5.74, 6) is -0.161. The Kier molecular flexibility index (Phi) is 5.56. The average molecular weight is 404 g/mol. The zero-order valence-corrected chi connectivity index (χ0v) is 16.6. The SMILES string of the molecule is O=C(/C=C/c1sc2ccccc2c1Cl)NC(c1ccccc1)c1ccccc1. The normalized spacial score (nSPS) is 11.4. The number of rotatable bonds is 5. The van der Waals surface area contributed by atoms with Gasteiger partial charge in [0.25, 0.3) is 0 Å². The van der Waals surface area contributed by atoms with E-state index in [1.54, 1.807) is 23.5 Å². The molecule has 28 heavy (non-hydrogen) atoms. The predicted molar refractivity (Wildman–Crippen MR) is 119 cm³/mol. The molecule has 0 bridgehead atoms. The predicted octanol–water partition coefficient (Wildman–Crippen LogP) is 6.47. The molecule has 0 fully saturated rings.